The number of rotatable bonds is 6. The molecule has 1 heterocycles. The van der Waals surface area contributed by atoms with E-state index in [0.717, 1.165) is 25.7 Å². The number of anilines is 1. The molecule has 108 valence electrons. The van der Waals surface area contributed by atoms with Gasteiger partial charge in [0.25, 0.3) is 0 Å². The molecule has 2 N–H and O–H groups in total. The second-order valence-corrected chi connectivity index (χ2v) is 5.19. The molecule has 0 unspecified atom stereocenters. The van der Waals surface area contributed by atoms with E-state index in [-0.39, 0.29) is 10.9 Å². The molecule has 2 aromatic rings. The van der Waals surface area contributed by atoms with E-state index in [4.69, 9.17) is 21.9 Å². The summed E-state index contributed by atoms with van der Waals surface area (Å²) in [5.41, 5.74) is 7.36. The molecule has 0 radical (unpaired) electrons. The fraction of sp³-hybridized carbons (Fsp3) is 0.400. The van der Waals surface area contributed by atoms with Crippen LogP contribution in [0.1, 0.15) is 38.3 Å². The lowest BCUT2D eigenvalue weighted by molar-refractivity contribution is 0.426. The van der Waals surface area contributed by atoms with Crippen molar-refractivity contribution in [2.24, 2.45) is 0 Å². The molecule has 0 bridgehead atoms. The van der Waals surface area contributed by atoms with Gasteiger partial charge in [-0.1, -0.05) is 55.1 Å². The Bertz CT molecular complexity index is 583. The first-order valence-corrected chi connectivity index (χ1v) is 7.21. The molecule has 0 aliphatic rings. The lowest BCUT2D eigenvalue weighted by atomic mass is 10.0. The Balaban J connectivity index is 2.27. The fourth-order valence-electron chi connectivity index (χ4n) is 2.21. The van der Waals surface area contributed by atoms with Crippen molar-refractivity contribution in [3.8, 4) is 11.1 Å². The smallest absolute Gasteiger partial charge is 0.230 e. The summed E-state index contributed by atoms with van der Waals surface area (Å²) < 4.78 is 19.1. The molecule has 0 fully saturated rings. The highest BCUT2D eigenvalue weighted by atomic mass is 35.5. The number of benzene rings is 1. The maximum Gasteiger partial charge on any atom is 0.230 e. The van der Waals surface area contributed by atoms with E-state index < -0.39 is 5.82 Å². The summed E-state index contributed by atoms with van der Waals surface area (Å²) in [6, 6.07) is 4.83. The molecule has 0 spiro atoms. The summed E-state index contributed by atoms with van der Waals surface area (Å²) in [6.45, 7) is 2.15. The van der Waals surface area contributed by atoms with E-state index in [1.807, 2.05) is 0 Å². The Morgan fingerprint density at radius 3 is 2.85 bits per heavy atom. The molecule has 0 aliphatic heterocycles. The minimum Gasteiger partial charge on any atom is -0.367 e. The van der Waals surface area contributed by atoms with Crippen molar-refractivity contribution in [3.63, 3.8) is 0 Å². The minimum absolute atomic E-state index is 0.0695. The van der Waals surface area contributed by atoms with E-state index in [1.165, 1.54) is 12.5 Å². The van der Waals surface area contributed by atoms with Gasteiger partial charge in [0.2, 0.25) is 5.88 Å². The number of aryl methyl sites for hydroxylation is 1. The molecule has 0 amide bonds. The van der Waals surface area contributed by atoms with Crippen LogP contribution < -0.4 is 5.73 Å². The third-order valence-electron chi connectivity index (χ3n) is 3.28. The van der Waals surface area contributed by atoms with E-state index in [9.17, 15) is 4.39 Å². The summed E-state index contributed by atoms with van der Waals surface area (Å²) in [4.78, 5) is 0. The maximum atomic E-state index is 14.1. The summed E-state index contributed by atoms with van der Waals surface area (Å²) in [5.74, 6) is -0.351. The minimum atomic E-state index is -0.487. The van der Waals surface area contributed by atoms with Crippen LogP contribution in [0.3, 0.4) is 0 Å². The predicted octanol–water partition coefficient (Wildman–Crippen LogP) is 4.84. The third-order valence-corrected chi connectivity index (χ3v) is 3.57. The average molecular weight is 297 g/mol. The van der Waals surface area contributed by atoms with Crippen LogP contribution in [0.15, 0.2) is 22.7 Å². The van der Waals surface area contributed by atoms with Crippen molar-refractivity contribution >= 4 is 17.5 Å². The van der Waals surface area contributed by atoms with Crippen LogP contribution in [0.4, 0.5) is 10.3 Å². The highest BCUT2D eigenvalue weighted by Crippen LogP contribution is 2.34. The van der Waals surface area contributed by atoms with Gasteiger partial charge in [-0.05, 0) is 18.9 Å². The van der Waals surface area contributed by atoms with Gasteiger partial charge in [0.15, 0.2) is 0 Å². The number of nitrogens with two attached hydrogens (primary N) is 1. The highest BCUT2D eigenvalue weighted by molar-refractivity contribution is 6.31. The quantitative estimate of drug-likeness (QED) is 0.776. The molecule has 2 rings (SSSR count). The SMILES string of the molecule is CCCCCCc1noc(N)c1-c1cccc(Cl)c1F. The monoisotopic (exact) mass is 296 g/mol. The molecule has 1 aromatic heterocycles. The van der Waals surface area contributed by atoms with Crippen molar-refractivity contribution in [2.45, 2.75) is 39.0 Å². The van der Waals surface area contributed by atoms with E-state index in [1.54, 1.807) is 12.1 Å². The van der Waals surface area contributed by atoms with Crippen LogP contribution in [-0.4, -0.2) is 5.16 Å². The summed E-state index contributed by atoms with van der Waals surface area (Å²) >= 11 is 5.81. The van der Waals surface area contributed by atoms with E-state index in [2.05, 4.69) is 12.1 Å². The van der Waals surface area contributed by atoms with Crippen molar-refractivity contribution in [1.82, 2.24) is 5.16 Å². The van der Waals surface area contributed by atoms with Gasteiger partial charge in [-0.25, -0.2) is 4.39 Å². The number of aromatic nitrogens is 1. The number of nitrogen functional groups attached to an aromatic ring is 1. The topological polar surface area (TPSA) is 52.0 Å². The largest absolute Gasteiger partial charge is 0.367 e. The van der Waals surface area contributed by atoms with Gasteiger partial charge in [0.05, 0.1) is 16.3 Å². The van der Waals surface area contributed by atoms with Gasteiger partial charge in [-0.15, -0.1) is 0 Å². The van der Waals surface area contributed by atoms with Gasteiger partial charge >= 0.3 is 0 Å². The van der Waals surface area contributed by atoms with Crippen molar-refractivity contribution in [2.75, 3.05) is 5.73 Å². The number of nitrogens with zero attached hydrogens (tertiary/aromatic N) is 1. The lowest BCUT2D eigenvalue weighted by Crippen LogP contribution is -1.94. The van der Waals surface area contributed by atoms with E-state index in [0.29, 0.717) is 16.8 Å². The zero-order valence-electron chi connectivity index (χ0n) is 11.5. The van der Waals surface area contributed by atoms with Crippen molar-refractivity contribution in [1.29, 1.82) is 0 Å². The Labute approximate surface area is 122 Å². The Morgan fingerprint density at radius 2 is 2.10 bits per heavy atom. The zero-order chi connectivity index (χ0) is 14.5. The van der Waals surface area contributed by atoms with Gasteiger partial charge in [0.1, 0.15) is 5.82 Å². The first-order valence-electron chi connectivity index (χ1n) is 6.83. The van der Waals surface area contributed by atoms with Gasteiger partial charge in [-0.2, -0.15) is 0 Å². The number of hydrogen-bond donors (Lipinski definition) is 1. The van der Waals surface area contributed by atoms with Crippen LogP contribution in [0.25, 0.3) is 11.1 Å². The number of hydrogen-bond acceptors (Lipinski definition) is 3. The first-order chi connectivity index (χ1) is 9.65. The molecule has 0 saturated carbocycles. The second-order valence-electron chi connectivity index (χ2n) is 4.78. The number of halogens is 2. The summed E-state index contributed by atoms with van der Waals surface area (Å²) in [7, 11) is 0. The fourth-order valence-corrected chi connectivity index (χ4v) is 2.39. The molecular weight excluding hydrogens is 279 g/mol. The Kier molecular flexibility index (Phi) is 5.01. The summed E-state index contributed by atoms with van der Waals surface area (Å²) in [5, 5.41) is 4.02. The van der Waals surface area contributed by atoms with Crippen LogP contribution in [-0.2, 0) is 6.42 Å². The molecule has 0 atom stereocenters. The van der Waals surface area contributed by atoms with Crippen LogP contribution in [0.5, 0.6) is 0 Å². The molecule has 20 heavy (non-hydrogen) atoms. The molecule has 0 aliphatic carbocycles. The van der Waals surface area contributed by atoms with Crippen molar-refractivity contribution < 1.29 is 8.91 Å². The lowest BCUT2D eigenvalue weighted by Gasteiger charge is -2.05. The predicted molar refractivity (Wildman–Crippen MR) is 79.2 cm³/mol. The molecule has 5 heteroatoms. The molecular formula is C15H18ClFN2O. The maximum absolute atomic E-state index is 14.1. The molecule has 3 nitrogen and oxygen atoms in total. The van der Waals surface area contributed by atoms with E-state index >= 15 is 0 Å². The van der Waals surface area contributed by atoms with Gasteiger partial charge in [0, 0.05) is 5.56 Å². The first kappa shape index (κ1) is 14.9. The Morgan fingerprint density at radius 1 is 1.30 bits per heavy atom. The standard InChI is InChI=1S/C15H18ClFN2O/c1-2-3-4-5-9-12-13(15(18)20-19-12)10-7-6-8-11(16)14(10)17/h6-8H,2-5,9,18H2,1H3. The van der Waals surface area contributed by atoms with Crippen LogP contribution in [0, 0.1) is 5.82 Å². The normalized spacial score (nSPS) is 10.9. The molecule has 0 saturated heterocycles. The third kappa shape index (κ3) is 3.12. The van der Waals surface area contributed by atoms with Gasteiger partial charge < -0.3 is 10.3 Å². The van der Waals surface area contributed by atoms with Crippen LogP contribution >= 0.6 is 11.6 Å². The average Bonchev–Trinajstić information content (AvgIpc) is 2.79. The number of unbranched alkanes of at least 4 members (excludes halogenated alkanes) is 3. The Hall–Kier alpha value is -1.55. The second kappa shape index (κ2) is 6.75. The van der Waals surface area contributed by atoms with Gasteiger partial charge in [-0.3, -0.25) is 0 Å². The zero-order valence-corrected chi connectivity index (χ0v) is 12.2. The van der Waals surface area contributed by atoms with Crippen molar-refractivity contribution in [3.05, 3.63) is 34.7 Å². The highest BCUT2D eigenvalue weighted by Gasteiger charge is 2.19. The summed E-state index contributed by atoms with van der Waals surface area (Å²) in [6.07, 6.45) is 5.16. The molecule has 1 aromatic carbocycles. The van der Waals surface area contributed by atoms with Crippen LogP contribution in [0.2, 0.25) is 5.02 Å².